The van der Waals surface area contributed by atoms with E-state index in [-0.39, 0.29) is 17.0 Å². The molecule has 162 valence electrons. The first-order valence-corrected chi connectivity index (χ1v) is 10.5. The highest BCUT2D eigenvalue weighted by molar-refractivity contribution is 6.01. The number of amides is 1. The van der Waals surface area contributed by atoms with Crippen LogP contribution in [-0.4, -0.2) is 20.1 Å². The van der Waals surface area contributed by atoms with Gasteiger partial charge < -0.3 is 5.32 Å². The lowest BCUT2D eigenvalue weighted by Gasteiger charge is -2.18. The largest absolute Gasteiger partial charge is 0.350 e. The molecule has 0 atom stereocenters. The van der Waals surface area contributed by atoms with Crippen molar-refractivity contribution in [3.63, 3.8) is 0 Å². The number of pyridine rings is 1. The molecule has 0 spiro atoms. The van der Waals surface area contributed by atoms with Gasteiger partial charge in [-0.3, -0.25) is 9.20 Å². The lowest BCUT2D eigenvalue weighted by molar-refractivity contribution is -0.111. The van der Waals surface area contributed by atoms with Crippen molar-refractivity contribution < 1.29 is 4.79 Å². The molecular weight excluding hydrogens is 400 g/mol. The van der Waals surface area contributed by atoms with Gasteiger partial charge in [-0.15, -0.1) is 5.10 Å². The van der Waals surface area contributed by atoms with E-state index in [2.05, 4.69) is 43.3 Å². The van der Waals surface area contributed by atoms with Crippen molar-refractivity contribution in [3.8, 4) is 0 Å². The van der Waals surface area contributed by atoms with Crippen LogP contribution < -0.4 is 11.0 Å². The van der Waals surface area contributed by atoms with Crippen LogP contribution in [0.4, 0.5) is 5.69 Å². The molecule has 2 aromatic carbocycles. The molecule has 1 N–H and O–H groups in total. The van der Waals surface area contributed by atoms with Gasteiger partial charge in [-0.2, -0.15) is 0 Å². The maximum atomic E-state index is 12.5. The molecule has 0 unspecified atom stereocenters. The number of nitrogens with one attached hydrogen (secondary N) is 1. The average molecular weight is 427 g/mol. The molecule has 2 heterocycles. The van der Waals surface area contributed by atoms with Gasteiger partial charge in [0.1, 0.15) is 0 Å². The summed E-state index contributed by atoms with van der Waals surface area (Å²) in [5.41, 5.74) is 4.25. The van der Waals surface area contributed by atoms with E-state index >= 15 is 0 Å². The molecule has 1 amide bonds. The van der Waals surface area contributed by atoms with E-state index < -0.39 is 0 Å². The summed E-state index contributed by atoms with van der Waals surface area (Å²) in [5.74, 6) is -0.216. The average Bonchev–Trinajstić information content (AvgIpc) is 3.08. The van der Waals surface area contributed by atoms with Crippen LogP contribution in [-0.2, 0) is 16.8 Å². The van der Waals surface area contributed by atoms with E-state index in [1.54, 1.807) is 24.4 Å². The Hall–Kier alpha value is -3.93. The van der Waals surface area contributed by atoms with Gasteiger partial charge in [0, 0.05) is 18.0 Å². The summed E-state index contributed by atoms with van der Waals surface area (Å²) in [5, 5.41) is 7.23. The van der Waals surface area contributed by atoms with E-state index in [1.807, 2.05) is 42.5 Å². The molecule has 0 aliphatic heterocycles. The summed E-state index contributed by atoms with van der Waals surface area (Å²) in [6.07, 6.45) is 5.01. The van der Waals surface area contributed by atoms with Gasteiger partial charge >= 0.3 is 5.69 Å². The minimum absolute atomic E-state index is 0.0963. The first-order valence-electron chi connectivity index (χ1n) is 10.5. The molecule has 0 aliphatic carbocycles. The third kappa shape index (κ3) is 4.86. The quantitative estimate of drug-likeness (QED) is 0.478. The Balaban J connectivity index is 1.43. The number of fused-ring (bicyclic) bond motifs is 1. The summed E-state index contributed by atoms with van der Waals surface area (Å²) in [6, 6.07) is 21.0. The Labute approximate surface area is 186 Å². The second-order valence-electron chi connectivity index (χ2n) is 8.76. The highest BCUT2D eigenvalue weighted by Crippen LogP contribution is 2.22. The van der Waals surface area contributed by atoms with Gasteiger partial charge in [0.05, 0.1) is 6.54 Å². The summed E-state index contributed by atoms with van der Waals surface area (Å²) in [4.78, 5) is 24.9. The zero-order chi connectivity index (χ0) is 22.7. The highest BCUT2D eigenvalue weighted by atomic mass is 16.2. The van der Waals surface area contributed by atoms with E-state index in [9.17, 15) is 9.59 Å². The zero-order valence-electron chi connectivity index (χ0n) is 18.4. The minimum atomic E-state index is -0.216. The van der Waals surface area contributed by atoms with Gasteiger partial charge in [0.2, 0.25) is 5.91 Å². The monoisotopic (exact) mass is 426 g/mol. The number of carbonyl (C=O) groups excluding carboxylic acids is 1. The Morgan fingerprint density at radius 1 is 1.03 bits per heavy atom. The Morgan fingerprint density at radius 2 is 1.81 bits per heavy atom. The Kier molecular flexibility index (Phi) is 5.77. The summed E-state index contributed by atoms with van der Waals surface area (Å²) < 4.78 is 2.92. The van der Waals surface area contributed by atoms with Crippen LogP contribution in [0, 0.1) is 0 Å². The first-order chi connectivity index (χ1) is 15.3. The first kappa shape index (κ1) is 21.3. The Bertz CT molecular complexity index is 1340. The molecule has 6 nitrogen and oxygen atoms in total. The molecule has 6 heteroatoms. The van der Waals surface area contributed by atoms with Crippen molar-refractivity contribution in [1.82, 2.24) is 14.2 Å². The third-order valence-electron chi connectivity index (χ3n) is 5.22. The van der Waals surface area contributed by atoms with Crippen LogP contribution in [0.25, 0.3) is 11.7 Å². The predicted molar refractivity (Wildman–Crippen MR) is 128 cm³/mol. The molecule has 4 aromatic rings. The van der Waals surface area contributed by atoms with Crippen molar-refractivity contribution >= 4 is 23.3 Å². The summed E-state index contributed by atoms with van der Waals surface area (Å²) in [6.45, 7) is 6.83. The number of benzene rings is 2. The number of anilines is 1. The smallest absolute Gasteiger partial charge is 0.323 e. The lowest BCUT2D eigenvalue weighted by atomic mass is 9.87. The summed E-state index contributed by atoms with van der Waals surface area (Å²) in [7, 11) is 0. The second kappa shape index (κ2) is 8.67. The molecule has 2 aromatic heterocycles. The van der Waals surface area contributed by atoms with Crippen molar-refractivity contribution in [3.05, 3.63) is 106 Å². The van der Waals surface area contributed by atoms with Crippen LogP contribution in [0.3, 0.4) is 0 Å². The molecule has 0 saturated heterocycles. The fourth-order valence-corrected chi connectivity index (χ4v) is 3.44. The SMILES string of the molecule is CC(C)(C)c1ccc(/C=C/C(=O)Nc2cccc(Cn3nc4ccccn4c3=O)c2)cc1. The van der Waals surface area contributed by atoms with Gasteiger partial charge in [-0.1, -0.05) is 63.2 Å². The minimum Gasteiger partial charge on any atom is -0.323 e. The molecule has 0 fully saturated rings. The molecule has 0 radical (unpaired) electrons. The molecule has 0 bridgehead atoms. The molecule has 0 saturated carbocycles. The normalized spacial score (nSPS) is 11.8. The van der Waals surface area contributed by atoms with E-state index in [0.717, 1.165) is 11.1 Å². The van der Waals surface area contributed by atoms with Gasteiger partial charge in [-0.25, -0.2) is 9.48 Å². The molecule has 0 aliphatic rings. The van der Waals surface area contributed by atoms with Gasteiger partial charge in [0.15, 0.2) is 5.65 Å². The number of nitrogens with zero attached hydrogens (tertiary/aromatic N) is 3. The third-order valence-corrected chi connectivity index (χ3v) is 5.22. The van der Waals surface area contributed by atoms with Crippen LogP contribution in [0.15, 0.2) is 83.8 Å². The number of hydrogen-bond acceptors (Lipinski definition) is 3. The molecule has 32 heavy (non-hydrogen) atoms. The predicted octanol–water partition coefficient (Wildman–Crippen LogP) is 4.49. The van der Waals surface area contributed by atoms with Crippen molar-refractivity contribution in [1.29, 1.82) is 0 Å². The number of rotatable bonds is 5. The number of aromatic nitrogens is 3. The van der Waals surface area contributed by atoms with Gasteiger partial charge in [-0.05, 0) is 52.4 Å². The standard InChI is InChI=1S/C26H26N4O2/c1-26(2,3)21-13-10-19(11-14-21)12-15-24(31)27-22-8-6-7-20(17-22)18-30-25(32)29-16-5-4-9-23(29)28-30/h4-17H,18H2,1-3H3,(H,27,31)/b15-12+. The summed E-state index contributed by atoms with van der Waals surface area (Å²) >= 11 is 0. The number of hydrogen-bond donors (Lipinski definition) is 1. The lowest BCUT2D eigenvalue weighted by Crippen LogP contribution is -2.21. The Morgan fingerprint density at radius 3 is 2.53 bits per heavy atom. The van der Waals surface area contributed by atoms with Crippen molar-refractivity contribution in [2.75, 3.05) is 5.32 Å². The zero-order valence-corrected chi connectivity index (χ0v) is 18.4. The maximum absolute atomic E-state index is 12.5. The van der Waals surface area contributed by atoms with E-state index in [4.69, 9.17) is 0 Å². The fraction of sp³-hybridized carbons (Fsp3) is 0.192. The van der Waals surface area contributed by atoms with Gasteiger partial charge in [0.25, 0.3) is 0 Å². The van der Waals surface area contributed by atoms with Crippen LogP contribution in [0.1, 0.15) is 37.5 Å². The van der Waals surface area contributed by atoms with Crippen LogP contribution in [0.5, 0.6) is 0 Å². The number of carbonyl (C=O) groups is 1. The van der Waals surface area contributed by atoms with Crippen molar-refractivity contribution in [2.24, 2.45) is 0 Å². The topological polar surface area (TPSA) is 68.4 Å². The van der Waals surface area contributed by atoms with E-state index in [0.29, 0.717) is 17.9 Å². The highest BCUT2D eigenvalue weighted by Gasteiger charge is 2.12. The van der Waals surface area contributed by atoms with Crippen LogP contribution in [0.2, 0.25) is 0 Å². The molecule has 4 rings (SSSR count). The van der Waals surface area contributed by atoms with E-state index in [1.165, 1.54) is 20.7 Å². The van der Waals surface area contributed by atoms with Crippen molar-refractivity contribution in [2.45, 2.75) is 32.7 Å². The molecular formula is C26H26N4O2. The maximum Gasteiger partial charge on any atom is 0.350 e. The van der Waals surface area contributed by atoms with Crippen LogP contribution >= 0.6 is 0 Å². The fourth-order valence-electron chi connectivity index (χ4n) is 3.44. The second-order valence-corrected chi connectivity index (χ2v) is 8.76.